The van der Waals surface area contributed by atoms with E-state index in [9.17, 15) is 5.11 Å². The SMILES string of the molecule is Cc1nc2c(Cl)cc(C(O)CNCl)cc2o1. The van der Waals surface area contributed by atoms with Crippen molar-refractivity contribution in [1.82, 2.24) is 9.82 Å². The van der Waals surface area contributed by atoms with E-state index < -0.39 is 6.10 Å². The van der Waals surface area contributed by atoms with Crippen LogP contribution in [0.2, 0.25) is 5.02 Å². The standard InChI is InChI=1S/C10H10Cl2N2O2/c1-5-14-10-7(11)2-6(3-9(10)16-5)8(15)4-13-12/h2-3,8,13,15H,4H2,1H3. The van der Waals surface area contributed by atoms with Crippen molar-refractivity contribution in [2.24, 2.45) is 0 Å². The fourth-order valence-electron chi connectivity index (χ4n) is 1.50. The summed E-state index contributed by atoms with van der Waals surface area (Å²) in [6.07, 6.45) is -0.732. The van der Waals surface area contributed by atoms with Gasteiger partial charge in [-0.2, -0.15) is 0 Å². The second kappa shape index (κ2) is 4.59. The summed E-state index contributed by atoms with van der Waals surface area (Å²) in [5.41, 5.74) is 1.81. The van der Waals surface area contributed by atoms with E-state index in [2.05, 4.69) is 9.82 Å². The molecule has 0 spiro atoms. The third-order valence-corrected chi connectivity index (χ3v) is 2.68. The van der Waals surface area contributed by atoms with Gasteiger partial charge in [0.05, 0.1) is 11.1 Å². The van der Waals surface area contributed by atoms with Gasteiger partial charge in [0.15, 0.2) is 11.5 Å². The van der Waals surface area contributed by atoms with Gasteiger partial charge in [0.1, 0.15) is 5.52 Å². The molecule has 0 aliphatic rings. The number of nitrogens with zero attached hydrogens (tertiary/aromatic N) is 1. The molecule has 1 aromatic carbocycles. The minimum atomic E-state index is -0.732. The molecule has 0 amide bonds. The van der Waals surface area contributed by atoms with E-state index in [1.54, 1.807) is 19.1 Å². The number of hydrogen-bond acceptors (Lipinski definition) is 4. The van der Waals surface area contributed by atoms with Gasteiger partial charge in [0, 0.05) is 13.5 Å². The van der Waals surface area contributed by atoms with E-state index in [-0.39, 0.29) is 6.54 Å². The molecule has 0 aliphatic heterocycles. The maximum Gasteiger partial charge on any atom is 0.192 e. The lowest BCUT2D eigenvalue weighted by molar-refractivity contribution is 0.182. The minimum Gasteiger partial charge on any atom is -0.441 e. The van der Waals surface area contributed by atoms with Crippen molar-refractivity contribution in [3.63, 3.8) is 0 Å². The maximum atomic E-state index is 9.74. The Morgan fingerprint density at radius 1 is 1.56 bits per heavy atom. The highest BCUT2D eigenvalue weighted by atomic mass is 35.5. The molecule has 2 rings (SSSR count). The molecule has 0 bridgehead atoms. The first-order valence-electron chi connectivity index (χ1n) is 4.70. The van der Waals surface area contributed by atoms with Gasteiger partial charge in [-0.25, -0.2) is 9.82 Å². The van der Waals surface area contributed by atoms with Crippen molar-refractivity contribution < 1.29 is 9.52 Å². The number of aromatic nitrogens is 1. The monoisotopic (exact) mass is 260 g/mol. The molecule has 86 valence electrons. The summed E-state index contributed by atoms with van der Waals surface area (Å²) < 4.78 is 5.36. The molecule has 0 radical (unpaired) electrons. The van der Waals surface area contributed by atoms with E-state index in [1.807, 2.05) is 0 Å². The number of aliphatic hydroxyl groups excluding tert-OH is 1. The fourth-order valence-corrected chi connectivity index (χ4v) is 1.91. The number of benzene rings is 1. The van der Waals surface area contributed by atoms with Gasteiger partial charge in [-0.1, -0.05) is 11.6 Å². The number of oxazole rings is 1. The Labute approximate surface area is 102 Å². The Hall–Kier alpha value is -0.810. The number of halogens is 2. The van der Waals surface area contributed by atoms with E-state index in [0.29, 0.717) is 27.6 Å². The Bertz CT molecular complexity index is 513. The smallest absolute Gasteiger partial charge is 0.192 e. The van der Waals surface area contributed by atoms with Gasteiger partial charge in [0.25, 0.3) is 0 Å². The van der Waals surface area contributed by atoms with Crippen LogP contribution in [0.25, 0.3) is 11.1 Å². The number of nitrogens with one attached hydrogen (secondary N) is 1. The Balaban J connectivity index is 2.48. The summed E-state index contributed by atoms with van der Waals surface area (Å²) in [6.45, 7) is 1.98. The predicted molar refractivity (Wildman–Crippen MR) is 62.6 cm³/mol. The lowest BCUT2D eigenvalue weighted by Crippen LogP contribution is -2.12. The van der Waals surface area contributed by atoms with E-state index in [4.69, 9.17) is 27.8 Å². The molecular formula is C10H10Cl2N2O2. The average molecular weight is 261 g/mol. The molecule has 16 heavy (non-hydrogen) atoms. The van der Waals surface area contributed by atoms with Crippen molar-refractivity contribution in [3.05, 3.63) is 28.6 Å². The third kappa shape index (κ3) is 2.15. The first-order valence-corrected chi connectivity index (χ1v) is 5.45. The van der Waals surface area contributed by atoms with Crippen molar-refractivity contribution >= 4 is 34.5 Å². The third-order valence-electron chi connectivity index (χ3n) is 2.23. The highest BCUT2D eigenvalue weighted by Gasteiger charge is 2.13. The first kappa shape index (κ1) is 11.7. The highest BCUT2D eigenvalue weighted by Crippen LogP contribution is 2.28. The summed E-state index contributed by atoms with van der Waals surface area (Å²) in [7, 11) is 0. The number of hydrogen-bond donors (Lipinski definition) is 2. The van der Waals surface area contributed by atoms with Crippen LogP contribution in [0.1, 0.15) is 17.6 Å². The molecule has 1 heterocycles. The van der Waals surface area contributed by atoms with Crippen LogP contribution in [0.5, 0.6) is 0 Å². The van der Waals surface area contributed by atoms with Crippen LogP contribution >= 0.6 is 23.4 Å². The first-order chi connectivity index (χ1) is 7.61. The van der Waals surface area contributed by atoms with Gasteiger partial charge < -0.3 is 9.52 Å². The molecule has 1 atom stereocenters. The Morgan fingerprint density at radius 3 is 3.00 bits per heavy atom. The number of fused-ring (bicyclic) bond motifs is 1. The van der Waals surface area contributed by atoms with Crippen LogP contribution in [0, 0.1) is 6.92 Å². The second-order valence-corrected chi connectivity index (χ2v) is 4.11. The quantitative estimate of drug-likeness (QED) is 0.833. The molecule has 2 N–H and O–H groups in total. The average Bonchev–Trinajstić information content (AvgIpc) is 2.59. The molecule has 6 heteroatoms. The molecule has 1 unspecified atom stereocenters. The molecular weight excluding hydrogens is 251 g/mol. The van der Waals surface area contributed by atoms with E-state index >= 15 is 0 Å². The van der Waals surface area contributed by atoms with Crippen molar-refractivity contribution in [3.8, 4) is 0 Å². The van der Waals surface area contributed by atoms with Crippen LogP contribution in [0.3, 0.4) is 0 Å². The molecule has 0 fully saturated rings. The van der Waals surface area contributed by atoms with Gasteiger partial charge in [-0.05, 0) is 29.5 Å². The topological polar surface area (TPSA) is 58.3 Å². The van der Waals surface area contributed by atoms with Crippen LogP contribution < -0.4 is 4.84 Å². The van der Waals surface area contributed by atoms with Crippen LogP contribution in [-0.4, -0.2) is 16.6 Å². The Kier molecular flexibility index (Phi) is 3.35. The molecule has 1 aromatic heterocycles. The number of aryl methyl sites for hydroxylation is 1. The van der Waals surface area contributed by atoms with Gasteiger partial charge in [0.2, 0.25) is 0 Å². The summed E-state index contributed by atoms with van der Waals surface area (Å²) in [5.74, 6) is 0.541. The summed E-state index contributed by atoms with van der Waals surface area (Å²) in [5, 5.41) is 10.2. The minimum absolute atomic E-state index is 0.233. The summed E-state index contributed by atoms with van der Waals surface area (Å²) in [6, 6.07) is 3.37. The van der Waals surface area contributed by atoms with Gasteiger partial charge in [-0.15, -0.1) is 0 Å². The van der Waals surface area contributed by atoms with Crippen molar-refractivity contribution in [1.29, 1.82) is 0 Å². The number of rotatable bonds is 3. The zero-order chi connectivity index (χ0) is 11.7. The fraction of sp³-hybridized carbons (Fsp3) is 0.300. The summed E-state index contributed by atoms with van der Waals surface area (Å²) >= 11 is 11.4. The van der Waals surface area contributed by atoms with Crippen LogP contribution in [0.4, 0.5) is 0 Å². The lowest BCUT2D eigenvalue weighted by Gasteiger charge is -2.09. The second-order valence-electron chi connectivity index (χ2n) is 3.44. The normalized spacial score (nSPS) is 13.2. The van der Waals surface area contributed by atoms with Crippen molar-refractivity contribution in [2.45, 2.75) is 13.0 Å². The molecule has 0 aliphatic carbocycles. The largest absolute Gasteiger partial charge is 0.441 e. The van der Waals surface area contributed by atoms with Crippen LogP contribution in [-0.2, 0) is 0 Å². The lowest BCUT2D eigenvalue weighted by atomic mass is 10.1. The highest BCUT2D eigenvalue weighted by molar-refractivity contribution is 6.34. The molecule has 0 saturated carbocycles. The Morgan fingerprint density at radius 2 is 2.31 bits per heavy atom. The van der Waals surface area contributed by atoms with E-state index in [0.717, 1.165) is 0 Å². The zero-order valence-electron chi connectivity index (χ0n) is 8.50. The van der Waals surface area contributed by atoms with Gasteiger partial charge >= 0.3 is 0 Å². The van der Waals surface area contributed by atoms with Gasteiger partial charge in [-0.3, -0.25) is 0 Å². The van der Waals surface area contributed by atoms with Crippen molar-refractivity contribution in [2.75, 3.05) is 6.54 Å². The van der Waals surface area contributed by atoms with Crippen LogP contribution in [0.15, 0.2) is 16.5 Å². The molecule has 2 aromatic rings. The molecule has 0 saturated heterocycles. The summed E-state index contributed by atoms with van der Waals surface area (Å²) in [4.78, 5) is 6.51. The molecule has 4 nitrogen and oxygen atoms in total. The van der Waals surface area contributed by atoms with E-state index in [1.165, 1.54) is 0 Å². The zero-order valence-corrected chi connectivity index (χ0v) is 10.0. The predicted octanol–water partition coefficient (Wildman–Crippen LogP) is 2.57. The maximum absolute atomic E-state index is 9.74. The number of aliphatic hydroxyl groups is 1.